The summed E-state index contributed by atoms with van der Waals surface area (Å²) in [6.07, 6.45) is 1.41. The number of fused-ring (bicyclic) bond motifs is 3. The van der Waals surface area contributed by atoms with Gasteiger partial charge in [-0.2, -0.15) is 5.10 Å². The Morgan fingerprint density at radius 2 is 1.64 bits per heavy atom. The molecule has 1 aliphatic carbocycles. The molecule has 1 amide bonds. The molecule has 140 valence electrons. The van der Waals surface area contributed by atoms with E-state index < -0.39 is 11.5 Å². The maximum Gasteiger partial charge on any atom is 0.281 e. The molecule has 0 spiro atoms. The number of phenolic OH excluding ortho intramolecular Hbond substituents is 1. The number of nitrogens with zero attached hydrogens (tertiary/aromatic N) is 1. The van der Waals surface area contributed by atoms with Crippen LogP contribution in [-0.2, 0) is 10.4 Å². The molecule has 0 saturated carbocycles. The largest absolute Gasteiger partial charge is 0.504 e. The Morgan fingerprint density at radius 1 is 1.04 bits per heavy atom. The summed E-state index contributed by atoms with van der Waals surface area (Å²) in [6, 6.07) is 19.2. The molecule has 0 unspecified atom stereocenters. The summed E-state index contributed by atoms with van der Waals surface area (Å²) >= 11 is 0. The summed E-state index contributed by atoms with van der Waals surface area (Å²) in [5, 5.41) is 24.9. The highest BCUT2D eigenvalue weighted by Crippen LogP contribution is 2.47. The van der Waals surface area contributed by atoms with E-state index in [4.69, 9.17) is 4.74 Å². The molecule has 0 radical (unpaired) electrons. The van der Waals surface area contributed by atoms with Gasteiger partial charge in [-0.05, 0) is 34.9 Å². The SMILES string of the molecule is COc1cc(C=NNC(=O)C2(O)c3ccccc3-c3ccccc32)ccc1O. The van der Waals surface area contributed by atoms with Crippen molar-refractivity contribution in [1.29, 1.82) is 0 Å². The molecule has 0 heterocycles. The van der Waals surface area contributed by atoms with Crippen LogP contribution in [0.15, 0.2) is 71.8 Å². The van der Waals surface area contributed by atoms with Crippen molar-refractivity contribution in [3.63, 3.8) is 0 Å². The molecule has 0 saturated heterocycles. The van der Waals surface area contributed by atoms with Crippen molar-refractivity contribution in [2.24, 2.45) is 5.10 Å². The molecule has 3 aromatic rings. The second kappa shape index (κ2) is 6.83. The molecule has 0 aliphatic heterocycles. The van der Waals surface area contributed by atoms with Gasteiger partial charge in [-0.3, -0.25) is 4.79 Å². The van der Waals surface area contributed by atoms with Crippen LogP contribution in [0.4, 0.5) is 0 Å². The van der Waals surface area contributed by atoms with E-state index in [1.54, 1.807) is 36.4 Å². The highest BCUT2D eigenvalue weighted by atomic mass is 16.5. The van der Waals surface area contributed by atoms with Crippen LogP contribution in [0, 0.1) is 0 Å². The van der Waals surface area contributed by atoms with Crippen molar-refractivity contribution in [1.82, 2.24) is 5.43 Å². The van der Waals surface area contributed by atoms with Crippen molar-refractivity contribution >= 4 is 12.1 Å². The lowest BCUT2D eigenvalue weighted by atomic mass is 9.91. The number of methoxy groups -OCH3 is 1. The van der Waals surface area contributed by atoms with Crippen molar-refractivity contribution in [3.8, 4) is 22.6 Å². The summed E-state index contributed by atoms with van der Waals surface area (Å²) in [6.45, 7) is 0. The Balaban J connectivity index is 1.63. The molecule has 1 aliphatic rings. The van der Waals surface area contributed by atoms with E-state index in [1.807, 2.05) is 24.3 Å². The van der Waals surface area contributed by atoms with Gasteiger partial charge in [0.15, 0.2) is 17.1 Å². The molecular weight excluding hydrogens is 356 g/mol. The molecule has 4 rings (SSSR count). The predicted octanol–water partition coefficient (Wildman–Crippen LogP) is 2.77. The van der Waals surface area contributed by atoms with Crippen molar-refractivity contribution in [2.45, 2.75) is 5.60 Å². The molecule has 0 bridgehead atoms. The Kier molecular flexibility index (Phi) is 4.33. The third-order valence-corrected chi connectivity index (χ3v) is 4.84. The third-order valence-electron chi connectivity index (χ3n) is 4.84. The molecule has 3 N–H and O–H groups in total. The second-order valence-corrected chi connectivity index (χ2v) is 6.43. The number of aromatic hydroxyl groups is 1. The number of phenols is 1. The van der Waals surface area contributed by atoms with Crippen LogP contribution in [0.25, 0.3) is 11.1 Å². The average Bonchev–Trinajstić information content (AvgIpc) is 3.00. The van der Waals surface area contributed by atoms with E-state index in [-0.39, 0.29) is 5.75 Å². The van der Waals surface area contributed by atoms with Crippen LogP contribution in [0.1, 0.15) is 16.7 Å². The number of amides is 1. The zero-order chi connectivity index (χ0) is 19.7. The van der Waals surface area contributed by atoms with Gasteiger partial charge in [0.25, 0.3) is 5.91 Å². The molecule has 0 aromatic heterocycles. The monoisotopic (exact) mass is 374 g/mol. The van der Waals surface area contributed by atoms with Crippen LogP contribution in [0.2, 0.25) is 0 Å². The zero-order valence-electron chi connectivity index (χ0n) is 15.1. The van der Waals surface area contributed by atoms with Gasteiger partial charge in [-0.1, -0.05) is 48.5 Å². The third kappa shape index (κ3) is 2.71. The quantitative estimate of drug-likeness (QED) is 0.484. The molecule has 3 aromatic carbocycles. The van der Waals surface area contributed by atoms with Gasteiger partial charge in [0.2, 0.25) is 0 Å². The lowest BCUT2D eigenvalue weighted by molar-refractivity contribution is -0.136. The van der Waals surface area contributed by atoms with Crippen molar-refractivity contribution < 1.29 is 19.7 Å². The van der Waals surface area contributed by atoms with Gasteiger partial charge in [0.05, 0.1) is 13.3 Å². The Bertz CT molecular complexity index is 1050. The first kappa shape index (κ1) is 17.8. The van der Waals surface area contributed by atoms with E-state index in [0.717, 1.165) is 11.1 Å². The molecule has 0 fully saturated rings. The molecule has 6 heteroatoms. The van der Waals surface area contributed by atoms with E-state index in [0.29, 0.717) is 22.4 Å². The van der Waals surface area contributed by atoms with E-state index >= 15 is 0 Å². The van der Waals surface area contributed by atoms with Gasteiger partial charge in [0.1, 0.15) is 0 Å². The average molecular weight is 374 g/mol. The van der Waals surface area contributed by atoms with Crippen LogP contribution < -0.4 is 10.2 Å². The first-order chi connectivity index (χ1) is 13.6. The molecule has 0 atom stereocenters. The van der Waals surface area contributed by atoms with Crippen LogP contribution in [0.5, 0.6) is 11.5 Å². The van der Waals surface area contributed by atoms with Gasteiger partial charge in [0, 0.05) is 11.1 Å². The van der Waals surface area contributed by atoms with Crippen LogP contribution in [0.3, 0.4) is 0 Å². The van der Waals surface area contributed by atoms with Gasteiger partial charge < -0.3 is 14.9 Å². The number of carbonyl (C=O) groups excluding carboxylic acids is 1. The number of hydrogen-bond acceptors (Lipinski definition) is 5. The zero-order valence-corrected chi connectivity index (χ0v) is 15.1. The first-order valence-corrected chi connectivity index (χ1v) is 8.68. The van der Waals surface area contributed by atoms with Crippen molar-refractivity contribution in [2.75, 3.05) is 7.11 Å². The molecular formula is C22H18N2O4. The van der Waals surface area contributed by atoms with Crippen molar-refractivity contribution in [3.05, 3.63) is 83.4 Å². The highest BCUT2D eigenvalue weighted by Gasteiger charge is 2.47. The number of carbonyl (C=O) groups is 1. The Labute approximate surface area is 161 Å². The molecule has 6 nitrogen and oxygen atoms in total. The lowest BCUT2D eigenvalue weighted by Gasteiger charge is -2.23. The van der Waals surface area contributed by atoms with Gasteiger partial charge in [-0.25, -0.2) is 5.43 Å². The number of rotatable bonds is 4. The first-order valence-electron chi connectivity index (χ1n) is 8.68. The Morgan fingerprint density at radius 3 is 2.25 bits per heavy atom. The number of ether oxygens (including phenoxy) is 1. The smallest absolute Gasteiger partial charge is 0.281 e. The van der Waals surface area contributed by atoms with Crippen LogP contribution >= 0.6 is 0 Å². The van der Waals surface area contributed by atoms with Gasteiger partial charge >= 0.3 is 0 Å². The van der Waals surface area contributed by atoms with Crippen LogP contribution in [-0.4, -0.2) is 29.4 Å². The normalized spacial score (nSPS) is 13.8. The second-order valence-electron chi connectivity index (χ2n) is 6.43. The highest BCUT2D eigenvalue weighted by molar-refractivity contribution is 5.99. The minimum Gasteiger partial charge on any atom is -0.504 e. The molecule has 28 heavy (non-hydrogen) atoms. The lowest BCUT2D eigenvalue weighted by Crippen LogP contribution is -2.42. The fourth-order valence-corrected chi connectivity index (χ4v) is 3.48. The topological polar surface area (TPSA) is 91.2 Å². The number of aliphatic hydroxyl groups is 1. The van der Waals surface area contributed by atoms with E-state index in [1.165, 1.54) is 19.4 Å². The maximum atomic E-state index is 12.9. The number of benzene rings is 3. The fourth-order valence-electron chi connectivity index (χ4n) is 3.48. The number of nitrogens with one attached hydrogen (secondary N) is 1. The standard InChI is InChI=1S/C22H18N2O4/c1-28-20-12-14(10-11-19(20)25)13-23-24-21(26)22(27)17-8-4-2-6-15(17)16-7-3-5-9-18(16)22/h2-13,25,27H,1H3,(H,24,26). The summed E-state index contributed by atoms with van der Waals surface area (Å²) in [4.78, 5) is 12.9. The minimum absolute atomic E-state index is 0.0113. The summed E-state index contributed by atoms with van der Waals surface area (Å²) in [5.41, 5.74) is 3.91. The predicted molar refractivity (Wildman–Crippen MR) is 105 cm³/mol. The summed E-state index contributed by atoms with van der Waals surface area (Å²) < 4.78 is 5.05. The maximum absolute atomic E-state index is 12.9. The van der Waals surface area contributed by atoms with Gasteiger partial charge in [-0.15, -0.1) is 0 Å². The van der Waals surface area contributed by atoms with E-state index in [9.17, 15) is 15.0 Å². The fraction of sp³-hybridized carbons (Fsp3) is 0.0909. The summed E-state index contributed by atoms with van der Waals surface area (Å²) in [7, 11) is 1.45. The summed E-state index contributed by atoms with van der Waals surface area (Å²) in [5.74, 6) is -0.336. The number of hydrogen-bond donors (Lipinski definition) is 3. The minimum atomic E-state index is -1.82. The Hall–Kier alpha value is -3.64. The van der Waals surface area contributed by atoms with E-state index in [2.05, 4.69) is 10.5 Å². The number of hydrazone groups is 1.